The van der Waals surface area contributed by atoms with E-state index < -0.39 is 8.07 Å². The van der Waals surface area contributed by atoms with E-state index in [1.165, 1.54) is 28.4 Å². The van der Waals surface area contributed by atoms with E-state index in [4.69, 9.17) is 0 Å². The summed E-state index contributed by atoms with van der Waals surface area (Å²) in [6.45, 7) is 7.78. The molecule has 0 atom stereocenters. The van der Waals surface area contributed by atoms with E-state index in [9.17, 15) is 4.79 Å². The molecule has 21 heavy (non-hydrogen) atoms. The van der Waals surface area contributed by atoms with Crippen LogP contribution >= 0.6 is 0 Å². The standard InChI is InChI=1S/C18H23NOSi/c1-21(2,3)16-10-7-14(8-11-16)13-19-17-6-4-5-15(17)9-12-18(19)20/h7-12H,4-6,13H2,1-3H3. The molecule has 1 aromatic heterocycles. The number of hydrogen-bond donors (Lipinski definition) is 0. The second-order valence-electron chi connectivity index (χ2n) is 7.03. The van der Waals surface area contributed by atoms with Gasteiger partial charge in [-0.15, -0.1) is 0 Å². The molecule has 1 aliphatic carbocycles. The summed E-state index contributed by atoms with van der Waals surface area (Å²) in [6.07, 6.45) is 3.33. The van der Waals surface area contributed by atoms with Crippen LogP contribution in [0.25, 0.3) is 0 Å². The molecule has 110 valence electrons. The van der Waals surface area contributed by atoms with Gasteiger partial charge in [0.2, 0.25) is 0 Å². The first-order valence-corrected chi connectivity index (χ1v) is 11.3. The predicted molar refractivity (Wildman–Crippen MR) is 91.3 cm³/mol. The highest BCUT2D eigenvalue weighted by Gasteiger charge is 2.17. The van der Waals surface area contributed by atoms with E-state index >= 15 is 0 Å². The molecule has 1 aromatic carbocycles. The van der Waals surface area contributed by atoms with Gasteiger partial charge in [-0.2, -0.15) is 0 Å². The molecule has 0 radical (unpaired) electrons. The van der Waals surface area contributed by atoms with Gasteiger partial charge in [-0.25, -0.2) is 0 Å². The molecular formula is C18H23NOSi. The van der Waals surface area contributed by atoms with Crippen molar-refractivity contribution in [3.63, 3.8) is 0 Å². The van der Waals surface area contributed by atoms with Crippen LogP contribution in [0.1, 0.15) is 23.2 Å². The predicted octanol–water partition coefficient (Wildman–Crippen LogP) is 2.93. The lowest BCUT2D eigenvalue weighted by molar-refractivity contribution is 0.707. The van der Waals surface area contributed by atoms with E-state index in [2.05, 4.69) is 43.9 Å². The average molecular weight is 297 g/mol. The van der Waals surface area contributed by atoms with Crippen molar-refractivity contribution in [2.24, 2.45) is 0 Å². The van der Waals surface area contributed by atoms with Gasteiger partial charge in [0.15, 0.2) is 0 Å². The van der Waals surface area contributed by atoms with Gasteiger partial charge in [-0.3, -0.25) is 4.79 Å². The Hall–Kier alpha value is -1.61. The van der Waals surface area contributed by atoms with E-state index in [1.54, 1.807) is 6.07 Å². The number of fused-ring (bicyclic) bond motifs is 1. The van der Waals surface area contributed by atoms with Crippen LogP contribution in [0, 0.1) is 0 Å². The van der Waals surface area contributed by atoms with Crippen LogP contribution in [0.15, 0.2) is 41.2 Å². The third-order valence-electron chi connectivity index (χ3n) is 4.41. The number of hydrogen-bond acceptors (Lipinski definition) is 1. The monoisotopic (exact) mass is 297 g/mol. The van der Waals surface area contributed by atoms with E-state index in [0.29, 0.717) is 6.54 Å². The number of pyridine rings is 1. The molecule has 0 saturated heterocycles. The minimum absolute atomic E-state index is 0.130. The molecule has 0 unspecified atom stereocenters. The highest BCUT2D eigenvalue weighted by atomic mass is 28.3. The van der Waals surface area contributed by atoms with E-state index in [0.717, 1.165) is 12.8 Å². The zero-order valence-corrected chi connectivity index (χ0v) is 14.1. The molecule has 0 saturated carbocycles. The largest absolute Gasteiger partial charge is 0.308 e. The SMILES string of the molecule is C[Si](C)(C)c1ccc(Cn2c3c(ccc2=O)CCC3)cc1. The van der Waals surface area contributed by atoms with Gasteiger partial charge in [-0.1, -0.05) is 55.2 Å². The fourth-order valence-electron chi connectivity index (χ4n) is 3.10. The van der Waals surface area contributed by atoms with Crippen molar-refractivity contribution in [3.8, 4) is 0 Å². The molecule has 0 amide bonds. The summed E-state index contributed by atoms with van der Waals surface area (Å²) in [6, 6.07) is 12.6. The average Bonchev–Trinajstić information content (AvgIpc) is 2.90. The van der Waals surface area contributed by atoms with Crippen molar-refractivity contribution in [2.75, 3.05) is 0 Å². The van der Waals surface area contributed by atoms with Crippen molar-refractivity contribution < 1.29 is 0 Å². The van der Waals surface area contributed by atoms with Gasteiger partial charge in [0, 0.05) is 11.8 Å². The molecular weight excluding hydrogens is 274 g/mol. The van der Waals surface area contributed by atoms with Crippen molar-refractivity contribution in [1.29, 1.82) is 0 Å². The Morgan fingerprint density at radius 2 is 1.71 bits per heavy atom. The van der Waals surface area contributed by atoms with Crippen LogP contribution in [0.4, 0.5) is 0 Å². The van der Waals surface area contributed by atoms with E-state index in [1.807, 2.05) is 10.6 Å². The summed E-state index contributed by atoms with van der Waals surface area (Å²) < 4.78 is 1.96. The molecule has 0 spiro atoms. The van der Waals surface area contributed by atoms with Gasteiger partial charge in [0.1, 0.15) is 0 Å². The Morgan fingerprint density at radius 1 is 1.00 bits per heavy atom. The second-order valence-corrected chi connectivity index (χ2v) is 12.1. The van der Waals surface area contributed by atoms with Crippen molar-refractivity contribution in [1.82, 2.24) is 4.57 Å². The fourth-order valence-corrected chi connectivity index (χ4v) is 4.27. The highest BCUT2D eigenvalue weighted by molar-refractivity contribution is 6.88. The summed E-state index contributed by atoms with van der Waals surface area (Å²) in [5, 5.41) is 1.47. The summed E-state index contributed by atoms with van der Waals surface area (Å²) in [5.41, 5.74) is 3.95. The van der Waals surface area contributed by atoms with Gasteiger partial charge in [-0.05, 0) is 30.4 Å². The number of rotatable bonds is 3. The van der Waals surface area contributed by atoms with Crippen LogP contribution in [0.3, 0.4) is 0 Å². The maximum Gasteiger partial charge on any atom is 0.251 e. The molecule has 3 heteroatoms. The first-order valence-electron chi connectivity index (χ1n) is 7.76. The highest BCUT2D eigenvalue weighted by Crippen LogP contribution is 2.20. The lowest BCUT2D eigenvalue weighted by atomic mass is 10.2. The number of aromatic nitrogens is 1. The molecule has 2 nitrogen and oxygen atoms in total. The maximum atomic E-state index is 12.2. The van der Waals surface area contributed by atoms with Gasteiger partial charge >= 0.3 is 0 Å². The number of benzene rings is 1. The van der Waals surface area contributed by atoms with Crippen LogP contribution in [-0.2, 0) is 19.4 Å². The first-order chi connectivity index (χ1) is 9.95. The van der Waals surface area contributed by atoms with Crippen molar-refractivity contribution in [2.45, 2.75) is 45.4 Å². The number of nitrogens with zero attached hydrogens (tertiary/aromatic N) is 1. The fraction of sp³-hybridized carbons (Fsp3) is 0.389. The van der Waals surface area contributed by atoms with Gasteiger partial charge in [0.25, 0.3) is 5.56 Å². The van der Waals surface area contributed by atoms with Gasteiger partial charge < -0.3 is 4.57 Å². The summed E-state index contributed by atoms with van der Waals surface area (Å²) in [7, 11) is -1.24. The molecule has 0 fully saturated rings. The first kappa shape index (κ1) is 14.3. The lowest BCUT2D eigenvalue weighted by Crippen LogP contribution is -2.37. The molecule has 1 aliphatic rings. The molecule has 3 rings (SSSR count). The van der Waals surface area contributed by atoms with Crippen molar-refractivity contribution >= 4 is 13.3 Å². The van der Waals surface area contributed by atoms with Crippen LogP contribution in [-0.4, -0.2) is 12.6 Å². The summed E-state index contributed by atoms with van der Waals surface area (Å²) in [5.74, 6) is 0. The zero-order chi connectivity index (χ0) is 15.0. The Morgan fingerprint density at radius 3 is 2.38 bits per heavy atom. The summed E-state index contributed by atoms with van der Waals surface area (Å²) in [4.78, 5) is 12.2. The van der Waals surface area contributed by atoms with Crippen LogP contribution < -0.4 is 10.7 Å². The molecule has 0 aliphatic heterocycles. The molecule has 0 bridgehead atoms. The normalized spacial score (nSPS) is 14.2. The third kappa shape index (κ3) is 2.88. The Kier molecular flexibility index (Phi) is 3.62. The molecule has 1 heterocycles. The number of aryl methyl sites for hydroxylation is 1. The van der Waals surface area contributed by atoms with E-state index in [-0.39, 0.29) is 5.56 Å². The third-order valence-corrected chi connectivity index (χ3v) is 6.48. The van der Waals surface area contributed by atoms with Crippen LogP contribution in [0.5, 0.6) is 0 Å². The van der Waals surface area contributed by atoms with Gasteiger partial charge in [0.05, 0.1) is 14.6 Å². The minimum atomic E-state index is -1.24. The lowest BCUT2D eigenvalue weighted by Gasteiger charge is -2.17. The summed E-state index contributed by atoms with van der Waals surface area (Å²) >= 11 is 0. The molecule has 2 aromatic rings. The Balaban J connectivity index is 1.91. The van der Waals surface area contributed by atoms with Crippen molar-refractivity contribution in [3.05, 3.63) is 63.6 Å². The quantitative estimate of drug-likeness (QED) is 0.799. The molecule has 0 N–H and O–H groups in total. The minimum Gasteiger partial charge on any atom is -0.308 e. The maximum absolute atomic E-state index is 12.2. The second kappa shape index (κ2) is 5.30. The van der Waals surface area contributed by atoms with Crippen LogP contribution in [0.2, 0.25) is 19.6 Å². The zero-order valence-electron chi connectivity index (χ0n) is 13.1. The topological polar surface area (TPSA) is 22.0 Å². The smallest absolute Gasteiger partial charge is 0.251 e. The Labute approximate surface area is 127 Å². The Bertz CT molecular complexity index is 707.